The first-order valence-electron chi connectivity index (χ1n) is 13.2. The first-order chi connectivity index (χ1) is 15.5. The molecule has 0 heterocycles. The Labute approximate surface area is 198 Å². The lowest BCUT2D eigenvalue weighted by atomic mass is 9.44. The minimum absolute atomic E-state index is 0.0151. The number of ketones is 3. The van der Waals surface area contributed by atoms with Crippen molar-refractivity contribution in [2.45, 2.75) is 91.9 Å². The van der Waals surface area contributed by atoms with Gasteiger partial charge in [0.2, 0.25) is 0 Å². The molecule has 5 heteroatoms. The molecular weight excluding hydrogens is 416 g/mol. The maximum absolute atomic E-state index is 13.8. The minimum atomic E-state index is -0.419. The fourth-order valence-corrected chi connectivity index (χ4v) is 8.66. The minimum Gasteiger partial charge on any atom is -0.469 e. The van der Waals surface area contributed by atoms with Gasteiger partial charge in [-0.2, -0.15) is 0 Å². The second-order valence-corrected chi connectivity index (χ2v) is 12.3. The Bertz CT molecular complexity index is 832. The van der Waals surface area contributed by atoms with Crippen molar-refractivity contribution in [3.8, 4) is 0 Å². The van der Waals surface area contributed by atoms with Crippen molar-refractivity contribution in [3.05, 3.63) is 0 Å². The number of rotatable bonds is 6. The number of methoxy groups -OCH3 is 1. The highest BCUT2D eigenvalue weighted by molar-refractivity contribution is 5.93. The van der Waals surface area contributed by atoms with Crippen LogP contribution in [0.2, 0.25) is 0 Å². The maximum Gasteiger partial charge on any atom is 0.308 e. The number of fused-ring (bicyclic) bond motifs is 5. The second kappa shape index (κ2) is 8.92. The van der Waals surface area contributed by atoms with Crippen LogP contribution in [0.5, 0.6) is 0 Å². The molecule has 0 aromatic rings. The van der Waals surface area contributed by atoms with Gasteiger partial charge >= 0.3 is 5.97 Å². The van der Waals surface area contributed by atoms with Gasteiger partial charge in [0.1, 0.15) is 17.3 Å². The van der Waals surface area contributed by atoms with Gasteiger partial charge in [0, 0.05) is 37.0 Å². The molecule has 33 heavy (non-hydrogen) atoms. The maximum atomic E-state index is 13.8. The average Bonchev–Trinajstić information content (AvgIpc) is 3.13. The van der Waals surface area contributed by atoms with E-state index in [1.54, 1.807) is 0 Å². The Balaban J connectivity index is 1.50. The SMILES string of the molecule is COC(=O)C(C)CCC[C@@H](C)[C@H]1CC[C@H]2[C@@H]3C(=O)C[C@@H]4CC(=O)CC[C@]4(C)[C@H]3CC(=O)[C@]12C. The van der Waals surface area contributed by atoms with E-state index < -0.39 is 5.41 Å². The predicted octanol–water partition coefficient (Wildman–Crippen LogP) is 5.19. The summed E-state index contributed by atoms with van der Waals surface area (Å²) in [6.07, 6.45) is 7.70. The lowest BCUT2D eigenvalue weighted by Crippen LogP contribution is -2.60. The predicted molar refractivity (Wildman–Crippen MR) is 125 cm³/mol. The summed E-state index contributed by atoms with van der Waals surface area (Å²) in [7, 11) is 1.43. The van der Waals surface area contributed by atoms with Crippen LogP contribution in [-0.4, -0.2) is 30.4 Å². The molecule has 0 bridgehead atoms. The summed E-state index contributed by atoms with van der Waals surface area (Å²) in [5, 5.41) is 0. The van der Waals surface area contributed by atoms with Gasteiger partial charge in [0.25, 0.3) is 0 Å². The van der Waals surface area contributed by atoms with Crippen LogP contribution in [0.4, 0.5) is 0 Å². The van der Waals surface area contributed by atoms with E-state index in [0.29, 0.717) is 49.1 Å². The van der Waals surface area contributed by atoms with Crippen LogP contribution in [0.1, 0.15) is 91.9 Å². The highest BCUT2D eigenvalue weighted by Gasteiger charge is 2.66. The van der Waals surface area contributed by atoms with Crippen molar-refractivity contribution >= 4 is 23.3 Å². The molecule has 0 N–H and O–H groups in total. The molecule has 0 radical (unpaired) electrons. The molecule has 9 atom stereocenters. The molecule has 0 spiro atoms. The van der Waals surface area contributed by atoms with Crippen LogP contribution in [0.15, 0.2) is 0 Å². The molecule has 4 fully saturated rings. The van der Waals surface area contributed by atoms with Gasteiger partial charge in [-0.1, -0.05) is 40.5 Å². The molecule has 0 saturated heterocycles. The largest absolute Gasteiger partial charge is 0.469 e. The molecule has 4 aliphatic carbocycles. The quantitative estimate of drug-likeness (QED) is 0.512. The first-order valence-corrected chi connectivity index (χ1v) is 13.2. The summed E-state index contributed by atoms with van der Waals surface area (Å²) in [6, 6.07) is 0. The molecule has 1 unspecified atom stereocenters. The number of carbonyl (C=O) groups excluding carboxylic acids is 4. The smallest absolute Gasteiger partial charge is 0.308 e. The zero-order valence-electron chi connectivity index (χ0n) is 21.2. The average molecular weight is 459 g/mol. The van der Waals surface area contributed by atoms with E-state index in [9.17, 15) is 19.2 Å². The van der Waals surface area contributed by atoms with E-state index >= 15 is 0 Å². The van der Waals surface area contributed by atoms with Crippen molar-refractivity contribution in [2.75, 3.05) is 7.11 Å². The Hall–Kier alpha value is -1.52. The Kier molecular flexibility index (Phi) is 6.65. The standard InChI is InChI=1S/C28H42O5/c1-16(7-6-8-17(2)26(32)33-5)20-9-10-21-25-22(15-24(31)28(20,21)4)27(3)12-11-19(29)13-18(27)14-23(25)30/h16-18,20-22,25H,6-15H2,1-5H3/t16-,17?,18+,20-,21+,22+,25+,27+,28-/m1/s1. The van der Waals surface area contributed by atoms with Crippen LogP contribution >= 0.6 is 0 Å². The summed E-state index contributed by atoms with van der Waals surface area (Å²) >= 11 is 0. The lowest BCUT2D eigenvalue weighted by Gasteiger charge is -2.58. The third-order valence-corrected chi connectivity index (χ3v) is 10.8. The Morgan fingerprint density at radius 3 is 2.45 bits per heavy atom. The number of hydrogen-bond donors (Lipinski definition) is 0. The molecule has 4 saturated carbocycles. The van der Waals surface area contributed by atoms with Gasteiger partial charge in [0.05, 0.1) is 13.0 Å². The number of carbonyl (C=O) groups is 4. The van der Waals surface area contributed by atoms with E-state index in [1.807, 2.05) is 6.92 Å². The van der Waals surface area contributed by atoms with E-state index in [2.05, 4.69) is 20.8 Å². The molecule has 4 rings (SSSR count). The zero-order chi connectivity index (χ0) is 24.1. The van der Waals surface area contributed by atoms with Crippen LogP contribution in [0.25, 0.3) is 0 Å². The summed E-state index contributed by atoms with van der Waals surface area (Å²) in [5.74, 6) is 1.76. The summed E-state index contributed by atoms with van der Waals surface area (Å²) in [5.41, 5.74) is -0.477. The summed E-state index contributed by atoms with van der Waals surface area (Å²) in [6.45, 7) is 8.60. The molecule has 4 aliphatic rings. The normalized spacial score (nSPS) is 42.2. The van der Waals surface area contributed by atoms with Crippen molar-refractivity contribution < 1.29 is 23.9 Å². The molecule has 0 aromatic carbocycles. The zero-order valence-corrected chi connectivity index (χ0v) is 21.2. The van der Waals surface area contributed by atoms with E-state index in [-0.39, 0.29) is 46.8 Å². The van der Waals surface area contributed by atoms with Crippen LogP contribution in [0, 0.1) is 52.3 Å². The van der Waals surface area contributed by atoms with E-state index in [0.717, 1.165) is 38.5 Å². The molecular formula is C28H42O5. The third-order valence-electron chi connectivity index (χ3n) is 10.8. The van der Waals surface area contributed by atoms with Crippen LogP contribution in [-0.2, 0) is 23.9 Å². The first kappa shape index (κ1) is 24.6. The monoisotopic (exact) mass is 458 g/mol. The van der Waals surface area contributed by atoms with Crippen molar-refractivity contribution in [1.29, 1.82) is 0 Å². The fourth-order valence-electron chi connectivity index (χ4n) is 8.66. The van der Waals surface area contributed by atoms with Crippen molar-refractivity contribution in [3.63, 3.8) is 0 Å². The molecule has 5 nitrogen and oxygen atoms in total. The Morgan fingerprint density at radius 2 is 1.76 bits per heavy atom. The van der Waals surface area contributed by atoms with E-state index in [4.69, 9.17) is 4.74 Å². The lowest BCUT2D eigenvalue weighted by molar-refractivity contribution is -0.166. The van der Waals surface area contributed by atoms with Gasteiger partial charge in [-0.25, -0.2) is 0 Å². The highest BCUT2D eigenvalue weighted by Crippen LogP contribution is 2.66. The fraction of sp³-hybridized carbons (Fsp3) is 0.857. The number of hydrogen-bond acceptors (Lipinski definition) is 5. The van der Waals surface area contributed by atoms with Crippen molar-refractivity contribution in [1.82, 2.24) is 0 Å². The van der Waals surface area contributed by atoms with E-state index in [1.165, 1.54) is 7.11 Å². The third kappa shape index (κ3) is 3.91. The molecule has 0 amide bonds. The number of esters is 1. The van der Waals surface area contributed by atoms with Gasteiger partial charge in [-0.3, -0.25) is 19.2 Å². The highest BCUT2D eigenvalue weighted by atomic mass is 16.5. The Morgan fingerprint density at radius 1 is 1.03 bits per heavy atom. The van der Waals surface area contributed by atoms with Crippen LogP contribution in [0.3, 0.4) is 0 Å². The van der Waals surface area contributed by atoms with Gasteiger partial charge in [0.15, 0.2) is 0 Å². The van der Waals surface area contributed by atoms with Gasteiger partial charge < -0.3 is 4.74 Å². The summed E-state index contributed by atoms with van der Waals surface area (Å²) in [4.78, 5) is 51.1. The molecule has 184 valence electrons. The molecule has 0 aromatic heterocycles. The number of Topliss-reactive ketones (excluding diaryl/α,β-unsaturated/α-hetero) is 3. The summed E-state index contributed by atoms with van der Waals surface area (Å²) < 4.78 is 4.85. The van der Waals surface area contributed by atoms with Crippen molar-refractivity contribution in [2.24, 2.45) is 52.3 Å². The van der Waals surface area contributed by atoms with Gasteiger partial charge in [-0.05, 0) is 60.7 Å². The van der Waals surface area contributed by atoms with Gasteiger partial charge in [-0.15, -0.1) is 0 Å². The molecule has 0 aliphatic heterocycles. The second-order valence-electron chi connectivity index (χ2n) is 12.3. The number of ether oxygens (including phenoxy) is 1. The van der Waals surface area contributed by atoms with Crippen LogP contribution < -0.4 is 0 Å². The topological polar surface area (TPSA) is 77.5 Å².